The van der Waals surface area contributed by atoms with Crippen molar-refractivity contribution in [1.82, 2.24) is 10.2 Å². The monoisotopic (exact) mass is 372 g/mol. The molecule has 3 amide bonds. The van der Waals surface area contributed by atoms with Crippen molar-refractivity contribution in [2.75, 3.05) is 13.2 Å². The Balaban J connectivity index is 1.48. The van der Waals surface area contributed by atoms with Crippen LogP contribution in [0, 0.1) is 5.82 Å². The maximum Gasteiger partial charge on any atom is 0.324 e. The summed E-state index contributed by atoms with van der Waals surface area (Å²) in [7, 11) is 0. The Morgan fingerprint density at radius 2 is 1.81 bits per heavy atom. The summed E-state index contributed by atoms with van der Waals surface area (Å²) < 4.78 is 18.8. The number of hydrogen-bond donors (Lipinski definition) is 2. The first kappa shape index (κ1) is 19.0. The number of hydrogen-bond acceptors (Lipinski definition) is 4. The molecule has 1 heterocycles. The van der Waals surface area contributed by atoms with E-state index >= 15 is 0 Å². The van der Waals surface area contributed by atoms with Crippen molar-refractivity contribution in [2.45, 2.75) is 25.2 Å². The predicted molar refractivity (Wildman–Crippen MR) is 96.2 cm³/mol. The number of ether oxygens (including phenoxy) is 1. The molecule has 0 radical (unpaired) electrons. The van der Waals surface area contributed by atoms with Crippen LogP contribution in [0.15, 0.2) is 54.6 Å². The minimum absolute atomic E-state index is 0.000504. The molecule has 1 saturated heterocycles. The summed E-state index contributed by atoms with van der Waals surface area (Å²) in [6, 6.07) is 14.4. The molecule has 0 saturated carbocycles. The van der Waals surface area contributed by atoms with E-state index < -0.39 is 18.2 Å². The van der Waals surface area contributed by atoms with Crippen LogP contribution in [0.2, 0.25) is 0 Å². The van der Waals surface area contributed by atoms with Crippen LogP contribution >= 0.6 is 0 Å². The highest BCUT2D eigenvalue weighted by Crippen LogP contribution is 2.13. The van der Waals surface area contributed by atoms with Crippen LogP contribution in [0.5, 0.6) is 0 Å². The van der Waals surface area contributed by atoms with Gasteiger partial charge in [-0.2, -0.15) is 0 Å². The zero-order valence-electron chi connectivity index (χ0n) is 14.7. The summed E-state index contributed by atoms with van der Waals surface area (Å²) in [5, 5.41) is 12.7. The van der Waals surface area contributed by atoms with Gasteiger partial charge in [-0.05, 0) is 11.6 Å². The highest BCUT2D eigenvalue weighted by molar-refractivity contribution is 6.04. The molecule has 2 N–H and O–H groups in total. The summed E-state index contributed by atoms with van der Waals surface area (Å²) in [6.07, 6.45) is -0.663. The maximum absolute atomic E-state index is 13.5. The zero-order chi connectivity index (χ0) is 19.2. The highest BCUT2D eigenvalue weighted by atomic mass is 19.1. The van der Waals surface area contributed by atoms with Gasteiger partial charge in [0.2, 0.25) is 0 Å². The van der Waals surface area contributed by atoms with E-state index in [4.69, 9.17) is 4.74 Å². The smallest absolute Gasteiger partial charge is 0.324 e. The van der Waals surface area contributed by atoms with Crippen molar-refractivity contribution in [3.63, 3.8) is 0 Å². The highest BCUT2D eigenvalue weighted by Gasteiger charge is 2.38. The number of aliphatic hydroxyl groups is 1. The van der Waals surface area contributed by atoms with Crippen LogP contribution in [0.1, 0.15) is 11.1 Å². The predicted octanol–water partition coefficient (Wildman–Crippen LogP) is 1.87. The second-order valence-electron chi connectivity index (χ2n) is 6.40. The molecule has 1 aliphatic rings. The van der Waals surface area contributed by atoms with Crippen molar-refractivity contribution in [3.05, 3.63) is 71.5 Å². The Hall–Kier alpha value is -2.77. The summed E-state index contributed by atoms with van der Waals surface area (Å²) >= 11 is 0. The zero-order valence-corrected chi connectivity index (χ0v) is 14.7. The lowest BCUT2D eigenvalue weighted by Gasteiger charge is -2.18. The lowest BCUT2D eigenvalue weighted by molar-refractivity contribution is -0.128. The van der Waals surface area contributed by atoms with Gasteiger partial charge >= 0.3 is 6.03 Å². The molecule has 1 fully saturated rings. The van der Waals surface area contributed by atoms with E-state index in [-0.39, 0.29) is 31.5 Å². The number of aliphatic hydroxyl groups excluding tert-OH is 1. The summed E-state index contributed by atoms with van der Waals surface area (Å²) in [5.74, 6) is -0.762. The van der Waals surface area contributed by atoms with Gasteiger partial charge in [-0.25, -0.2) is 9.18 Å². The Morgan fingerprint density at radius 3 is 2.56 bits per heavy atom. The van der Waals surface area contributed by atoms with Crippen LogP contribution in [-0.4, -0.2) is 47.2 Å². The lowest BCUT2D eigenvalue weighted by Crippen LogP contribution is -2.39. The molecule has 2 atom stereocenters. The largest absolute Gasteiger partial charge is 0.389 e. The molecular weight excluding hydrogens is 351 g/mol. The fourth-order valence-electron chi connectivity index (χ4n) is 2.92. The quantitative estimate of drug-likeness (QED) is 0.694. The molecule has 2 unspecified atom stereocenters. The third-order valence-corrected chi connectivity index (χ3v) is 4.31. The summed E-state index contributed by atoms with van der Waals surface area (Å²) in [4.78, 5) is 25.5. The molecule has 0 aliphatic carbocycles. The third kappa shape index (κ3) is 4.90. The molecule has 7 heteroatoms. The van der Waals surface area contributed by atoms with Crippen LogP contribution < -0.4 is 5.32 Å². The number of nitrogens with one attached hydrogen (secondary N) is 1. The van der Waals surface area contributed by atoms with Gasteiger partial charge in [0.25, 0.3) is 5.91 Å². The molecule has 2 aromatic rings. The number of benzene rings is 2. The van der Waals surface area contributed by atoms with Crippen LogP contribution in [0.25, 0.3) is 0 Å². The molecular formula is C20H21FN2O4. The van der Waals surface area contributed by atoms with Crippen LogP contribution in [-0.2, 0) is 22.6 Å². The fraction of sp³-hybridized carbons (Fsp3) is 0.300. The van der Waals surface area contributed by atoms with Crippen LogP contribution in [0.4, 0.5) is 9.18 Å². The van der Waals surface area contributed by atoms with Gasteiger partial charge in [0.15, 0.2) is 0 Å². The first-order valence-electron chi connectivity index (χ1n) is 8.69. The van der Waals surface area contributed by atoms with Gasteiger partial charge in [-0.3, -0.25) is 9.69 Å². The van der Waals surface area contributed by atoms with Crippen LogP contribution in [0.3, 0.4) is 0 Å². The number of carbonyl (C=O) groups excluding carboxylic acids is 2. The molecule has 3 rings (SSSR count). The van der Waals surface area contributed by atoms with E-state index in [1.165, 1.54) is 6.07 Å². The third-order valence-electron chi connectivity index (χ3n) is 4.31. The molecule has 0 aromatic heterocycles. The average Bonchev–Trinajstić information content (AvgIpc) is 2.91. The standard InChI is InChI=1S/C20H21FN2O4/c21-17-9-5-4-8-15(17)12-27-13-16(24)11-23-19(25)18(22-20(23)26)10-14-6-2-1-3-7-14/h1-9,16,18,24H,10-13H2,(H,22,26). The van der Waals surface area contributed by atoms with Gasteiger partial charge in [0.05, 0.1) is 25.9 Å². The van der Waals surface area contributed by atoms with E-state index in [0.717, 1.165) is 10.5 Å². The fourth-order valence-corrected chi connectivity index (χ4v) is 2.92. The molecule has 0 bridgehead atoms. The van der Waals surface area contributed by atoms with Crippen molar-refractivity contribution < 1.29 is 23.8 Å². The van der Waals surface area contributed by atoms with E-state index in [2.05, 4.69) is 5.32 Å². The number of rotatable bonds is 8. The average molecular weight is 372 g/mol. The lowest BCUT2D eigenvalue weighted by atomic mass is 10.1. The Kier molecular flexibility index (Phi) is 6.16. The van der Waals surface area contributed by atoms with Gasteiger partial charge < -0.3 is 15.2 Å². The second-order valence-corrected chi connectivity index (χ2v) is 6.40. The number of urea groups is 1. The number of halogens is 1. The maximum atomic E-state index is 13.5. The number of imide groups is 1. The second kappa shape index (κ2) is 8.75. The van der Waals surface area contributed by atoms with Crippen molar-refractivity contribution in [1.29, 1.82) is 0 Å². The van der Waals surface area contributed by atoms with E-state index in [9.17, 15) is 19.1 Å². The van der Waals surface area contributed by atoms with E-state index in [1.54, 1.807) is 18.2 Å². The number of nitrogens with zero attached hydrogens (tertiary/aromatic N) is 1. The Labute approximate surface area is 156 Å². The summed E-state index contributed by atoms with van der Waals surface area (Å²) in [5.41, 5.74) is 1.31. The minimum atomic E-state index is -1.05. The van der Waals surface area contributed by atoms with Crippen molar-refractivity contribution >= 4 is 11.9 Å². The molecule has 1 aliphatic heterocycles. The van der Waals surface area contributed by atoms with E-state index in [1.807, 2.05) is 30.3 Å². The molecule has 2 aromatic carbocycles. The van der Waals surface area contributed by atoms with Crippen molar-refractivity contribution in [2.24, 2.45) is 0 Å². The topological polar surface area (TPSA) is 78.9 Å². The minimum Gasteiger partial charge on any atom is -0.389 e. The number of amides is 3. The molecule has 27 heavy (non-hydrogen) atoms. The van der Waals surface area contributed by atoms with E-state index in [0.29, 0.717) is 12.0 Å². The Bertz CT molecular complexity index is 800. The van der Waals surface area contributed by atoms with Crippen molar-refractivity contribution in [3.8, 4) is 0 Å². The van der Waals surface area contributed by atoms with Gasteiger partial charge in [0.1, 0.15) is 11.9 Å². The van der Waals surface area contributed by atoms with Gasteiger partial charge in [0, 0.05) is 12.0 Å². The molecule has 0 spiro atoms. The first-order chi connectivity index (χ1) is 13.0. The summed E-state index contributed by atoms with van der Waals surface area (Å²) in [6.45, 7) is -0.289. The number of carbonyl (C=O) groups is 2. The van der Waals surface area contributed by atoms with Gasteiger partial charge in [-0.1, -0.05) is 48.5 Å². The first-order valence-corrected chi connectivity index (χ1v) is 8.69. The van der Waals surface area contributed by atoms with Gasteiger partial charge in [-0.15, -0.1) is 0 Å². The Morgan fingerprint density at radius 1 is 1.11 bits per heavy atom. The normalized spacial score (nSPS) is 17.9. The molecule has 6 nitrogen and oxygen atoms in total. The number of β-amino-alcohol motifs (C(OH)–C–C–N with tert-alkyl or cyclic N) is 1. The SMILES string of the molecule is O=C1NC(Cc2ccccc2)C(=O)N1CC(O)COCc1ccccc1F. The molecule has 142 valence electrons.